The van der Waals surface area contributed by atoms with Crippen molar-refractivity contribution in [2.45, 2.75) is 26.2 Å². The number of hydrogen-bond acceptors (Lipinski definition) is 3. The van der Waals surface area contributed by atoms with Gasteiger partial charge in [-0.15, -0.1) is 24.0 Å². The lowest BCUT2D eigenvalue weighted by Crippen LogP contribution is -2.47. The summed E-state index contributed by atoms with van der Waals surface area (Å²) < 4.78 is 35.5. The first-order valence-electron chi connectivity index (χ1n) is 6.85. The second kappa shape index (κ2) is 9.58. The smallest absolute Gasteiger partial charge is 0.387 e. The van der Waals surface area contributed by atoms with E-state index in [1.165, 1.54) is 6.07 Å². The number of halogens is 4. The summed E-state index contributed by atoms with van der Waals surface area (Å²) in [5.74, 6) is 0.475. The maximum Gasteiger partial charge on any atom is 0.387 e. The molecule has 1 saturated heterocycles. The number of rotatable bonds is 4. The second-order valence-corrected chi connectivity index (χ2v) is 5.85. The van der Waals surface area contributed by atoms with Crippen molar-refractivity contribution in [2.24, 2.45) is 10.7 Å². The lowest BCUT2D eigenvalue weighted by molar-refractivity contribution is -0.0504. The van der Waals surface area contributed by atoms with Gasteiger partial charge in [-0.1, -0.05) is 15.9 Å². The van der Waals surface area contributed by atoms with Crippen LogP contribution in [0, 0.1) is 0 Å². The van der Waals surface area contributed by atoms with E-state index in [1.807, 2.05) is 11.8 Å². The molecule has 1 aromatic carbocycles. The van der Waals surface area contributed by atoms with Crippen LogP contribution in [0.4, 0.5) is 8.78 Å². The van der Waals surface area contributed by atoms with Gasteiger partial charge in [-0.05, 0) is 25.1 Å². The standard InChI is InChI=1S/C14H18BrF2N3O2.HI/c1-9-8-20(4-5-21-9)14(18)19-7-10-6-11(15)2-3-12(10)22-13(16)17;/h2-3,6,9,13H,4-5,7-8H2,1H3,(H2,18,19);1H. The summed E-state index contributed by atoms with van der Waals surface area (Å²) in [7, 11) is 0. The summed E-state index contributed by atoms with van der Waals surface area (Å²) in [4.78, 5) is 6.20. The van der Waals surface area contributed by atoms with E-state index in [-0.39, 0.29) is 42.4 Å². The van der Waals surface area contributed by atoms with Crippen LogP contribution in [0.3, 0.4) is 0 Å². The van der Waals surface area contributed by atoms with Gasteiger partial charge in [0.05, 0.1) is 19.3 Å². The molecule has 9 heteroatoms. The topological polar surface area (TPSA) is 60.1 Å². The quantitative estimate of drug-likeness (QED) is 0.388. The SMILES string of the molecule is CC1CN(C(N)=NCc2cc(Br)ccc2OC(F)F)CCO1.I. The Morgan fingerprint density at radius 3 is 2.96 bits per heavy atom. The number of nitrogens with zero attached hydrogens (tertiary/aromatic N) is 2. The molecule has 1 unspecified atom stereocenters. The van der Waals surface area contributed by atoms with Crippen molar-refractivity contribution < 1.29 is 18.3 Å². The van der Waals surface area contributed by atoms with Crippen LogP contribution in [-0.2, 0) is 11.3 Å². The third-order valence-corrected chi connectivity index (χ3v) is 3.71. The third-order valence-electron chi connectivity index (χ3n) is 3.22. The number of nitrogens with two attached hydrogens (primary N) is 1. The highest BCUT2D eigenvalue weighted by Crippen LogP contribution is 2.25. The molecule has 0 aromatic heterocycles. The van der Waals surface area contributed by atoms with Gasteiger partial charge in [0.2, 0.25) is 0 Å². The first kappa shape index (κ1) is 20.4. The van der Waals surface area contributed by atoms with Crippen molar-refractivity contribution in [1.82, 2.24) is 4.90 Å². The van der Waals surface area contributed by atoms with E-state index < -0.39 is 6.61 Å². The van der Waals surface area contributed by atoms with E-state index in [4.69, 9.17) is 10.5 Å². The van der Waals surface area contributed by atoms with Crippen LogP contribution in [0.15, 0.2) is 27.7 Å². The van der Waals surface area contributed by atoms with Crippen molar-refractivity contribution in [3.05, 3.63) is 28.2 Å². The normalized spacial score (nSPS) is 18.7. The van der Waals surface area contributed by atoms with Crippen molar-refractivity contribution >= 4 is 45.9 Å². The van der Waals surface area contributed by atoms with Crippen LogP contribution in [0.25, 0.3) is 0 Å². The van der Waals surface area contributed by atoms with Crippen molar-refractivity contribution in [2.75, 3.05) is 19.7 Å². The second-order valence-electron chi connectivity index (χ2n) is 4.93. The molecule has 1 heterocycles. The number of ether oxygens (including phenoxy) is 2. The molecule has 0 saturated carbocycles. The number of aliphatic imine (C=N–C) groups is 1. The van der Waals surface area contributed by atoms with Gasteiger partial charge in [-0.3, -0.25) is 0 Å². The molecular weight excluding hydrogens is 487 g/mol. The minimum Gasteiger partial charge on any atom is -0.434 e. The Hall–Kier alpha value is -0.680. The van der Waals surface area contributed by atoms with Gasteiger partial charge >= 0.3 is 6.61 Å². The first-order valence-corrected chi connectivity index (χ1v) is 7.64. The summed E-state index contributed by atoms with van der Waals surface area (Å²) in [6.07, 6.45) is 0.0890. The zero-order chi connectivity index (χ0) is 16.1. The molecule has 130 valence electrons. The molecule has 1 atom stereocenters. The Kier molecular flexibility index (Phi) is 8.48. The van der Waals surface area contributed by atoms with Crippen LogP contribution in [0.2, 0.25) is 0 Å². The van der Waals surface area contributed by atoms with Gasteiger partial charge in [-0.25, -0.2) is 4.99 Å². The number of alkyl halides is 2. The zero-order valence-corrected chi connectivity index (χ0v) is 16.5. The first-order chi connectivity index (χ1) is 10.5. The van der Waals surface area contributed by atoms with Gasteiger partial charge < -0.3 is 20.1 Å². The number of morpholine rings is 1. The molecule has 0 spiro atoms. The molecule has 0 amide bonds. The monoisotopic (exact) mass is 505 g/mol. The summed E-state index contributed by atoms with van der Waals surface area (Å²) in [5, 5.41) is 0. The number of hydrogen-bond donors (Lipinski definition) is 1. The highest BCUT2D eigenvalue weighted by atomic mass is 127. The van der Waals surface area contributed by atoms with E-state index in [1.54, 1.807) is 12.1 Å². The molecule has 2 rings (SSSR count). The minimum atomic E-state index is -2.87. The third kappa shape index (κ3) is 6.38. The van der Waals surface area contributed by atoms with Crippen molar-refractivity contribution in [3.63, 3.8) is 0 Å². The number of benzene rings is 1. The summed E-state index contributed by atoms with van der Waals surface area (Å²) in [5.41, 5.74) is 6.51. The highest BCUT2D eigenvalue weighted by molar-refractivity contribution is 14.0. The maximum absolute atomic E-state index is 12.4. The number of guanidine groups is 1. The molecule has 23 heavy (non-hydrogen) atoms. The van der Waals surface area contributed by atoms with E-state index in [9.17, 15) is 8.78 Å². The average molecular weight is 506 g/mol. The van der Waals surface area contributed by atoms with Gasteiger partial charge in [0.25, 0.3) is 0 Å². The Balaban J connectivity index is 0.00000264. The molecular formula is C14H19BrF2IN3O2. The molecule has 1 aromatic rings. The average Bonchev–Trinajstić information content (AvgIpc) is 2.46. The fourth-order valence-corrected chi connectivity index (χ4v) is 2.58. The maximum atomic E-state index is 12.4. The van der Waals surface area contributed by atoms with Gasteiger partial charge in [0.1, 0.15) is 5.75 Å². The molecule has 0 radical (unpaired) electrons. The molecule has 1 aliphatic heterocycles. The molecule has 1 aliphatic rings. The Bertz CT molecular complexity index is 549. The van der Waals surface area contributed by atoms with Gasteiger partial charge in [-0.2, -0.15) is 8.78 Å². The van der Waals surface area contributed by atoms with E-state index >= 15 is 0 Å². The Morgan fingerprint density at radius 2 is 2.30 bits per heavy atom. The van der Waals surface area contributed by atoms with Crippen LogP contribution in [-0.4, -0.2) is 43.3 Å². The summed E-state index contributed by atoms with van der Waals surface area (Å²) in [6, 6.07) is 4.81. The summed E-state index contributed by atoms with van der Waals surface area (Å²) >= 11 is 3.30. The molecule has 1 fully saturated rings. The van der Waals surface area contributed by atoms with Crippen LogP contribution in [0.1, 0.15) is 12.5 Å². The van der Waals surface area contributed by atoms with E-state index in [0.717, 1.165) is 4.47 Å². The minimum absolute atomic E-state index is 0. The summed E-state index contributed by atoms with van der Waals surface area (Å²) in [6.45, 7) is 1.17. The molecule has 0 bridgehead atoms. The van der Waals surface area contributed by atoms with Crippen LogP contribution >= 0.6 is 39.9 Å². The van der Waals surface area contributed by atoms with Gasteiger partial charge in [0, 0.05) is 23.1 Å². The van der Waals surface area contributed by atoms with Crippen molar-refractivity contribution in [3.8, 4) is 5.75 Å². The fourth-order valence-electron chi connectivity index (χ4n) is 2.18. The van der Waals surface area contributed by atoms with E-state index in [0.29, 0.717) is 31.2 Å². The zero-order valence-electron chi connectivity index (χ0n) is 12.5. The lowest BCUT2D eigenvalue weighted by atomic mass is 10.2. The van der Waals surface area contributed by atoms with E-state index in [2.05, 4.69) is 25.7 Å². The van der Waals surface area contributed by atoms with Crippen LogP contribution < -0.4 is 10.5 Å². The molecule has 5 nitrogen and oxygen atoms in total. The fraction of sp³-hybridized carbons (Fsp3) is 0.500. The highest BCUT2D eigenvalue weighted by Gasteiger charge is 2.18. The Morgan fingerprint density at radius 1 is 1.57 bits per heavy atom. The van der Waals surface area contributed by atoms with Crippen molar-refractivity contribution in [1.29, 1.82) is 0 Å². The van der Waals surface area contributed by atoms with Gasteiger partial charge in [0.15, 0.2) is 5.96 Å². The van der Waals surface area contributed by atoms with Crippen LogP contribution in [0.5, 0.6) is 5.75 Å². The largest absolute Gasteiger partial charge is 0.434 e. The lowest BCUT2D eigenvalue weighted by Gasteiger charge is -2.31. The Labute approximate surface area is 159 Å². The predicted octanol–water partition coefficient (Wildman–Crippen LogP) is 3.20. The molecule has 2 N–H and O–H groups in total. The predicted molar refractivity (Wildman–Crippen MR) is 98.5 cm³/mol. The molecule has 0 aliphatic carbocycles.